The van der Waals surface area contributed by atoms with Crippen LogP contribution >= 0.6 is 0 Å². The van der Waals surface area contributed by atoms with Crippen molar-refractivity contribution in [1.29, 1.82) is 0 Å². The van der Waals surface area contributed by atoms with E-state index in [1.54, 1.807) is 23.1 Å². The van der Waals surface area contributed by atoms with Crippen molar-refractivity contribution in [3.63, 3.8) is 0 Å². The number of hydrogen-bond acceptors (Lipinski definition) is 3. The molecular weight excluding hydrogens is 240 g/mol. The summed E-state index contributed by atoms with van der Waals surface area (Å²) in [7, 11) is 3.97. The predicted molar refractivity (Wildman–Crippen MR) is 77.6 cm³/mol. The van der Waals surface area contributed by atoms with Gasteiger partial charge in [0, 0.05) is 19.6 Å². The van der Waals surface area contributed by atoms with E-state index in [9.17, 15) is 9.90 Å². The van der Waals surface area contributed by atoms with Crippen LogP contribution in [0.15, 0.2) is 18.2 Å². The lowest BCUT2D eigenvalue weighted by atomic mass is 10.1. The molecule has 0 bridgehead atoms. The average Bonchev–Trinajstić information content (AvgIpc) is 2.36. The molecule has 1 aromatic carbocycles. The van der Waals surface area contributed by atoms with Gasteiger partial charge in [0.15, 0.2) is 0 Å². The van der Waals surface area contributed by atoms with Gasteiger partial charge in [0.1, 0.15) is 5.75 Å². The highest BCUT2D eigenvalue weighted by Gasteiger charge is 2.18. The molecule has 1 aromatic rings. The minimum absolute atomic E-state index is 0.0570. The van der Waals surface area contributed by atoms with Crippen molar-refractivity contribution in [2.75, 3.05) is 33.7 Å². The first-order chi connectivity index (χ1) is 8.95. The number of benzene rings is 1. The fourth-order valence-electron chi connectivity index (χ4n) is 1.90. The summed E-state index contributed by atoms with van der Waals surface area (Å²) in [6.45, 7) is 6.16. The van der Waals surface area contributed by atoms with E-state index in [1.807, 2.05) is 32.8 Å². The number of phenolic OH excluding ortho intramolecular Hbond substituents is 1. The first kappa shape index (κ1) is 15.5. The zero-order chi connectivity index (χ0) is 14.4. The van der Waals surface area contributed by atoms with Gasteiger partial charge < -0.3 is 14.9 Å². The van der Waals surface area contributed by atoms with E-state index in [0.29, 0.717) is 18.7 Å². The van der Waals surface area contributed by atoms with E-state index in [2.05, 4.69) is 0 Å². The van der Waals surface area contributed by atoms with Crippen molar-refractivity contribution in [2.45, 2.75) is 20.3 Å². The number of aryl methyl sites for hydroxylation is 1. The summed E-state index contributed by atoms with van der Waals surface area (Å²) < 4.78 is 0. The average molecular weight is 264 g/mol. The van der Waals surface area contributed by atoms with Crippen LogP contribution in [0.2, 0.25) is 0 Å². The van der Waals surface area contributed by atoms with Gasteiger partial charge in [0.05, 0.1) is 5.56 Å². The lowest BCUT2D eigenvalue weighted by molar-refractivity contribution is 0.0742. The van der Waals surface area contributed by atoms with Gasteiger partial charge in [-0.25, -0.2) is 0 Å². The number of carbonyl (C=O) groups excluding carboxylic acids is 1. The molecule has 0 unspecified atom stereocenters. The van der Waals surface area contributed by atoms with Crippen LogP contribution in [0.4, 0.5) is 0 Å². The number of rotatable bonds is 6. The Hall–Kier alpha value is -1.55. The SMILES string of the molecule is CCCN(CCN(C)C)C(=O)c1cc(C)ccc1O. The molecule has 1 rings (SSSR count). The second kappa shape index (κ2) is 7.14. The van der Waals surface area contributed by atoms with Crippen LogP contribution in [-0.4, -0.2) is 54.5 Å². The highest BCUT2D eigenvalue weighted by atomic mass is 16.3. The minimum Gasteiger partial charge on any atom is -0.507 e. The highest BCUT2D eigenvalue weighted by molar-refractivity contribution is 5.97. The van der Waals surface area contributed by atoms with E-state index in [-0.39, 0.29) is 11.7 Å². The maximum Gasteiger partial charge on any atom is 0.257 e. The largest absolute Gasteiger partial charge is 0.507 e. The standard InChI is InChI=1S/C15H24N2O2/c1-5-8-17(10-9-16(3)4)15(19)13-11-12(2)6-7-14(13)18/h6-7,11,18H,5,8-10H2,1-4H3. The third-order valence-electron chi connectivity index (χ3n) is 2.98. The van der Waals surface area contributed by atoms with Crippen molar-refractivity contribution in [3.05, 3.63) is 29.3 Å². The predicted octanol–water partition coefficient (Wildman–Crippen LogP) is 2.11. The van der Waals surface area contributed by atoms with Gasteiger partial charge >= 0.3 is 0 Å². The quantitative estimate of drug-likeness (QED) is 0.856. The maximum atomic E-state index is 12.5. The molecule has 19 heavy (non-hydrogen) atoms. The molecule has 0 fully saturated rings. The molecule has 0 aromatic heterocycles. The molecule has 0 aliphatic carbocycles. The summed E-state index contributed by atoms with van der Waals surface area (Å²) in [5.74, 6) is -0.0357. The maximum absolute atomic E-state index is 12.5. The monoisotopic (exact) mass is 264 g/mol. The molecule has 0 heterocycles. The first-order valence-electron chi connectivity index (χ1n) is 6.69. The summed E-state index contributed by atoms with van der Waals surface area (Å²) >= 11 is 0. The number of aromatic hydroxyl groups is 1. The van der Waals surface area contributed by atoms with Crippen molar-refractivity contribution in [2.24, 2.45) is 0 Å². The molecule has 0 radical (unpaired) electrons. The van der Waals surface area contributed by atoms with Gasteiger partial charge in [-0.2, -0.15) is 0 Å². The van der Waals surface area contributed by atoms with Crippen molar-refractivity contribution < 1.29 is 9.90 Å². The van der Waals surface area contributed by atoms with Crippen LogP contribution in [0.1, 0.15) is 29.3 Å². The fourth-order valence-corrected chi connectivity index (χ4v) is 1.90. The topological polar surface area (TPSA) is 43.8 Å². The summed E-state index contributed by atoms with van der Waals surface area (Å²) in [5, 5.41) is 9.84. The van der Waals surface area contributed by atoms with E-state index in [0.717, 1.165) is 18.5 Å². The Morgan fingerprint density at radius 1 is 1.21 bits per heavy atom. The Balaban J connectivity index is 2.88. The van der Waals surface area contributed by atoms with Gasteiger partial charge in [-0.1, -0.05) is 18.6 Å². The molecule has 4 nitrogen and oxygen atoms in total. The third kappa shape index (κ3) is 4.56. The summed E-state index contributed by atoms with van der Waals surface area (Å²) in [6, 6.07) is 5.13. The second-order valence-corrected chi connectivity index (χ2v) is 5.12. The lowest BCUT2D eigenvalue weighted by Gasteiger charge is -2.24. The molecule has 1 amide bonds. The van der Waals surface area contributed by atoms with E-state index in [4.69, 9.17) is 0 Å². The van der Waals surface area contributed by atoms with Crippen molar-refractivity contribution in [3.8, 4) is 5.75 Å². The molecule has 106 valence electrons. The lowest BCUT2D eigenvalue weighted by Crippen LogP contribution is -2.37. The van der Waals surface area contributed by atoms with E-state index >= 15 is 0 Å². The molecular formula is C15H24N2O2. The highest BCUT2D eigenvalue weighted by Crippen LogP contribution is 2.20. The summed E-state index contributed by atoms with van der Waals surface area (Å²) in [5.41, 5.74) is 1.37. The van der Waals surface area contributed by atoms with Gasteiger partial charge in [0.25, 0.3) is 5.91 Å². The number of carbonyl (C=O) groups is 1. The zero-order valence-corrected chi connectivity index (χ0v) is 12.3. The van der Waals surface area contributed by atoms with Crippen LogP contribution in [0, 0.1) is 6.92 Å². The van der Waals surface area contributed by atoms with E-state index in [1.165, 1.54) is 0 Å². The second-order valence-electron chi connectivity index (χ2n) is 5.12. The van der Waals surface area contributed by atoms with Crippen LogP contribution in [0.25, 0.3) is 0 Å². The van der Waals surface area contributed by atoms with Gasteiger partial charge in [-0.15, -0.1) is 0 Å². The van der Waals surface area contributed by atoms with Gasteiger partial charge in [0.2, 0.25) is 0 Å². The zero-order valence-electron chi connectivity index (χ0n) is 12.3. The Morgan fingerprint density at radius 2 is 1.89 bits per heavy atom. The van der Waals surface area contributed by atoms with Crippen LogP contribution in [-0.2, 0) is 0 Å². The van der Waals surface area contributed by atoms with Crippen molar-refractivity contribution in [1.82, 2.24) is 9.80 Å². The molecule has 1 N–H and O–H groups in total. The number of amides is 1. The van der Waals surface area contributed by atoms with Crippen LogP contribution < -0.4 is 0 Å². The Morgan fingerprint density at radius 3 is 2.47 bits per heavy atom. The number of hydrogen-bond donors (Lipinski definition) is 1. The molecule has 0 saturated carbocycles. The van der Waals surface area contributed by atoms with Crippen LogP contribution in [0.5, 0.6) is 5.75 Å². The summed E-state index contributed by atoms with van der Waals surface area (Å²) in [6.07, 6.45) is 0.908. The molecule has 0 spiro atoms. The van der Waals surface area contributed by atoms with Gasteiger partial charge in [-0.3, -0.25) is 4.79 Å². The smallest absolute Gasteiger partial charge is 0.257 e. The fraction of sp³-hybridized carbons (Fsp3) is 0.533. The van der Waals surface area contributed by atoms with Crippen LogP contribution in [0.3, 0.4) is 0 Å². The molecule has 4 heteroatoms. The molecule has 0 aliphatic heterocycles. The summed E-state index contributed by atoms with van der Waals surface area (Å²) in [4.78, 5) is 16.3. The van der Waals surface area contributed by atoms with Gasteiger partial charge in [-0.05, 0) is 39.6 Å². The minimum atomic E-state index is -0.0927. The van der Waals surface area contributed by atoms with E-state index < -0.39 is 0 Å². The van der Waals surface area contributed by atoms with Crippen molar-refractivity contribution >= 4 is 5.91 Å². The Kier molecular flexibility index (Phi) is 5.83. The Labute approximate surface area is 115 Å². The number of phenols is 1. The number of nitrogens with zero attached hydrogens (tertiary/aromatic N) is 2. The number of likely N-dealkylation sites (N-methyl/N-ethyl adjacent to an activating group) is 1. The first-order valence-corrected chi connectivity index (χ1v) is 6.69. The molecule has 0 atom stereocenters. The Bertz CT molecular complexity index is 430. The third-order valence-corrected chi connectivity index (χ3v) is 2.98. The molecule has 0 aliphatic rings. The molecule has 0 saturated heterocycles. The normalized spacial score (nSPS) is 10.8.